The molecule has 0 N–H and O–H groups in total. The Morgan fingerprint density at radius 3 is 2.75 bits per heavy atom. The topological polar surface area (TPSA) is 36.7 Å². The van der Waals surface area contributed by atoms with E-state index in [9.17, 15) is 4.39 Å². The van der Waals surface area contributed by atoms with Gasteiger partial charge in [-0.25, -0.2) is 4.39 Å². The first-order valence-electron chi connectivity index (χ1n) is 4.83. The molecule has 0 unspecified atom stereocenters. The summed E-state index contributed by atoms with van der Waals surface area (Å²) >= 11 is 0. The SMILES string of the molecule is Cc1cc(-c2cccnc2)cc(C#N)c1F. The molecule has 0 saturated carbocycles. The van der Waals surface area contributed by atoms with Crippen LogP contribution in [0.15, 0.2) is 36.7 Å². The standard InChI is InChI=1S/C13H9FN2/c1-9-5-11(6-12(7-15)13(9)14)10-3-2-4-16-8-10/h2-6,8H,1H3. The highest BCUT2D eigenvalue weighted by molar-refractivity contribution is 5.65. The second-order valence-corrected chi connectivity index (χ2v) is 3.51. The summed E-state index contributed by atoms with van der Waals surface area (Å²) in [5.74, 6) is -0.449. The average molecular weight is 212 g/mol. The van der Waals surface area contributed by atoms with Crippen LogP contribution in [0.2, 0.25) is 0 Å². The fraction of sp³-hybridized carbons (Fsp3) is 0.0769. The summed E-state index contributed by atoms with van der Waals surface area (Å²) in [7, 11) is 0. The summed E-state index contributed by atoms with van der Waals surface area (Å²) in [4.78, 5) is 3.99. The van der Waals surface area contributed by atoms with Crippen molar-refractivity contribution < 1.29 is 4.39 Å². The molecule has 0 atom stereocenters. The van der Waals surface area contributed by atoms with Crippen LogP contribution in [0.1, 0.15) is 11.1 Å². The number of aromatic nitrogens is 1. The van der Waals surface area contributed by atoms with E-state index in [4.69, 9.17) is 5.26 Å². The largest absolute Gasteiger partial charge is 0.264 e. The Morgan fingerprint density at radius 2 is 2.12 bits per heavy atom. The van der Waals surface area contributed by atoms with E-state index in [1.807, 2.05) is 12.1 Å². The third-order valence-corrected chi connectivity index (χ3v) is 2.37. The molecule has 0 fully saturated rings. The number of pyridine rings is 1. The third kappa shape index (κ3) is 1.78. The van der Waals surface area contributed by atoms with E-state index < -0.39 is 5.82 Å². The van der Waals surface area contributed by atoms with Gasteiger partial charge in [-0.3, -0.25) is 4.98 Å². The van der Waals surface area contributed by atoms with E-state index in [0.717, 1.165) is 11.1 Å². The molecule has 3 heteroatoms. The number of benzene rings is 1. The third-order valence-electron chi connectivity index (χ3n) is 2.37. The molecule has 1 aromatic carbocycles. The summed E-state index contributed by atoms with van der Waals surface area (Å²) in [5.41, 5.74) is 2.22. The minimum Gasteiger partial charge on any atom is -0.264 e. The minimum atomic E-state index is -0.449. The Hall–Kier alpha value is -2.21. The number of hydrogen-bond donors (Lipinski definition) is 0. The van der Waals surface area contributed by atoms with Gasteiger partial charge >= 0.3 is 0 Å². The zero-order chi connectivity index (χ0) is 11.5. The van der Waals surface area contributed by atoms with Gasteiger partial charge in [0.15, 0.2) is 0 Å². The van der Waals surface area contributed by atoms with Crippen LogP contribution in [0.3, 0.4) is 0 Å². The van der Waals surface area contributed by atoms with Crippen molar-refractivity contribution in [3.05, 3.63) is 53.6 Å². The minimum absolute atomic E-state index is 0.0684. The summed E-state index contributed by atoms with van der Waals surface area (Å²) < 4.78 is 13.5. The Morgan fingerprint density at radius 1 is 1.31 bits per heavy atom. The maximum absolute atomic E-state index is 13.5. The lowest BCUT2D eigenvalue weighted by atomic mass is 10.0. The Labute approximate surface area is 93.0 Å². The molecule has 1 aromatic heterocycles. The molecule has 0 amide bonds. The monoisotopic (exact) mass is 212 g/mol. The molecule has 0 aliphatic heterocycles. The van der Waals surface area contributed by atoms with Gasteiger partial charge in [-0.1, -0.05) is 6.07 Å². The lowest BCUT2D eigenvalue weighted by Crippen LogP contribution is -1.91. The van der Waals surface area contributed by atoms with Crippen molar-refractivity contribution in [2.75, 3.05) is 0 Å². The highest BCUT2D eigenvalue weighted by atomic mass is 19.1. The van der Waals surface area contributed by atoms with Crippen LogP contribution in [0, 0.1) is 24.1 Å². The lowest BCUT2D eigenvalue weighted by Gasteiger charge is -2.05. The molecule has 0 aliphatic carbocycles. The number of hydrogen-bond acceptors (Lipinski definition) is 2. The number of rotatable bonds is 1. The van der Waals surface area contributed by atoms with Crippen molar-refractivity contribution >= 4 is 0 Å². The number of nitrogens with zero attached hydrogens (tertiary/aromatic N) is 2. The molecule has 1 heterocycles. The normalized spacial score (nSPS) is 9.81. The molecule has 0 bridgehead atoms. The van der Waals surface area contributed by atoms with Gasteiger partial charge in [0.05, 0.1) is 5.56 Å². The molecule has 0 spiro atoms. The molecule has 2 rings (SSSR count). The van der Waals surface area contributed by atoms with Gasteiger partial charge in [-0.2, -0.15) is 5.26 Å². The number of aryl methyl sites for hydroxylation is 1. The molecule has 0 saturated heterocycles. The maximum atomic E-state index is 13.5. The molecule has 0 aliphatic rings. The van der Waals surface area contributed by atoms with Crippen molar-refractivity contribution in [2.24, 2.45) is 0 Å². The van der Waals surface area contributed by atoms with Crippen LogP contribution in [-0.4, -0.2) is 4.98 Å². The average Bonchev–Trinajstić information content (AvgIpc) is 2.33. The van der Waals surface area contributed by atoms with Crippen molar-refractivity contribution in [1.29, 1.82) is 5.26 Å². The van der Waals surface area contributed by atoms with Crippen molar-refractivity contribution in [3.8, 4) is 17.2 Å². The van der Waals surface area contributed by atoms with Gasteiger partial charge in [-0.15, -0.1) is 0 Å². The molecule has 0 radical (unpaired) electrons. The van der Waals surface area contributed by atoms with Crippen LogP contribution in [0.5, 0.6) is 0 Å². The first-order valence-corrected chi connectivity index (χ1v) is 4.83. The summed E-state index contributed by atoms with van der Waals surface area (Å²) in [6.07, 6.45) is 3.36. The molecule has 2 aromatic rings. The Bertz CT molecular complexity index is 556. The zero-order valence-electron chi connectivity index (χ0n) is 8.74. The van der Waals surface area contributed by atoms with Crippen molar-refractivity contribution in [3.63, 3.8) is 0 Å². The van der Waals surface area contributed by atoms with Gasteiger partial charge in [0.25, 0.3) is 0 Å². The van der Waals surface area contributed by atoms with Gasteiger partial charge in [0.1, 0.15) is 11.9 Å². The van der Waals surface area contributed by atoms with Gasteiger partial charge in [0, 0.05) is 18.0 Å². The van der Waals surface area contributed by atoms with Gasteiger partial charge < -0.3 is 0 Å². The molecule has 78 valence electrons. The molecular formula is C13H9FN2. The van der Waals surface area contributed by atoms with E-state index in [0.29, 0.717) is 5.56 Å². The van der Waals surface area contributed by atoms with E-state index in [1.165, 1.54) is 0 Å². The van der Waals surface area contributed by atoms with E-state index >= 15 is 0 Å². The fourth-order valence-electron chi connectivity index (χ4n) is 1.55. The van der Waals surface area contributed by atoms with Crippen molar-refractivity contribution in [1.82, 2.24) is 4.98 Å². The molecule has 2 nitrogen and oxygen atoms in total. The first kappa shape index (κ1) is 10.3. The fourth-order valence-corrected chi connectivity index (χ4v) is 1.55. The van der Waals surface area contributed by atoms with Crippen LogP contribution in [0.25, 0.3) is 11.1 Å². The Kier molecular flexibility index (Phi) is 2.65. The molecule has 16 heavy (non-hydrogen) atoms. The van der Waals surface area contributed by atoms with Crippen LogP contribution >= 0.6 is 0 Å². The summed E-state index contributed by atoms with van der Waals surface area (Å²) in [5, 5.41) is 8.81. The predicted octanol–water partition coefficient (Wildman–Crippen LogP) is 3.07. The van der Waals surface area contributed by atoms with Gasteiger partial charge in [0.2, 0.25) is 0 Å². The summed E-state index contributed by atoms with van der Waals surface area (Å²) in [6.45, 7) is 1.65. The highest BCUT2D eigenvalue weighted by Crippen LogP contribution is 2.23. The number of halogens is 1. The Balaban J connectivity index is 2.61. The van der Waals surface area contributed by atoms with Crippen LogP contribution in [-0.2, 0) is 0 Å². The smallest absolute Gasteiger partial charge is 0.143 e. The zero-order valence-corrected chi connectivity index (χ0v) is 8.74. The first-order chi connectivity index (χ1) is 7.72. The maximum Gasteiger partial charge on any atom is 0.143 e. The van der Waals surface area contributed by atoms with Crippen LogP contribution < -0.4 is 0 Å². The predicted molar refractivity (Wildman–Crippen MR) is 59.1 cm³/mol. The summed E-state index contributed by atoms with van der Waals surface area (Å²) in [6, 6.07) is 8.79. The van der Waals surface area contributed by atoms with E-state index in [1.54, 1.807) is 37.5 Å². The lowest BCUT2D eigenvalue weighted by molar-refractivity contribution is 0.615. The highest BCUT2D eigenvalue weighted by Gasteiger charge is 2.08. The van der Waals surface area contributed by atoms with E-state index in [2.05, 4.69) is 4.98 Å². The quantitative estimate of drug-likeness (QED) is 0.728. The van der Waals surface area contributed by atoms with Crippen LogP contribution in [0.4, 0.5) is 4.39 Å². The second-order valence-electron chi connectivity index (χ2n) is 3.51. The van der Waals surface area contributed by atoms with Crippen molar-refractivity contribution in [2.45, 2.75) is 6.92 Å². The molecular weight excluding hydrogens is 203 g/mol. The van der Waals surface area contributed by atoms with E-state index in [-0.39, 0.29) is 5.56 Å². The second kappa shape index (κ2) is 4.11. The number of nitriles is 1. The van der Waals surface area contributed by atoms with Gasteiger partial charge in [-0.05, 0) is 36.2 Å².